The highest BCUT2D eigenvalue weighted by atomic mass is 35.5. The second-order valence-electron chi connectivity index (χ2n) is 8.51. The molecule has 0 saturated carbocycles. The first-order chi connectivity index (χ1) is 13.3. The Morgan fingerprint density at radius 3 is 2.89 bits per heavy atom. The number of hydrogen-bond acceptors (Lipinski definition) is 5. The molecule has 1 fully saturated rings. The zero-order chi connectivity index (χ0) is 20.1. The molecule has 2 aliphatic rings. The molecular formula is C21H25ClN2O3S. The maximum atomic E-state index is 12.3. The summed E-state index contributed by atoms with van der Waals surface area (Å²) in [5.41, 5.74) is 3.44. The highest BCUT2D eigenvalue weighted by Crippen LogP contribution is 2.47. The lowest BCUT2D eigenvalue weighted by Gasteiger charge is -2.29. The van der Waals surface area contributed by atoms with Crippen LogP contribution < -0.4 is 10.8 Å². The fraction of sp³-hybridized carbons (Fsp3) is 0.476. The van der Waals surface area contributed by atoms with Crippen LogP contribution in [0.25, 0.3) is 10.4 Å². The Hall–Kier alpha value is -1.60. The minimum atomic E-state index is -0.860. The van der Waals surface area contributed by atoms with Gasteiger partial charge in [-0.3, -0.25) is 4.84 Å². The van der Waals surface area contributed by atoms with Crippen molar-refractivity contribution in [3.8, 4) is 10.4 Å². The third-order valence-corrected chi connectivity index (χ3v) is 7.43. The molecule has 0 amide bonds. The average Bonchev–Trinajstić information content (AvgIpc) is 3.24. The van der Waals surface area contributed by atoms with Crippen molar-refractivity contribution in [2.45, 2.75) is 45.6 Å². The summed E-state index contributed by atoms with van der Waals surface area (Å²) in [5.74, 6) is 4.52. The van der Waals surface area contributed by atoms with Crippen molar-refractivity contribution in [2.24, 2.45) is 11.3 Å². The van der Waals surface area contributed by atoms with E-state index in [0.717, 1.165) is 53.9 Å². The van der Waals surface area contributed by atoms with Gasteiger partial charge in [0.05, 0.1) is 16.5 Å². The van der Waals surface area contributed by atoms with Crippen LogP contribution in [-0.2, 0) is 17.7 Å². The topological polar surface area (TPSA) is 75.8 Å². The summed E-state index contributed by atoms with van der Waals surface area (Å²) in [6, 6.07) is 5.72. The first kappa shape index (κ1) is 19.7. The molecule has 1 aromatic heterocycles. The number of carbonyl (C=O) groups is 1. The predicted molar refractivity (Wildman–Crippen MR) is 113 cm³/mol. The number of rotatable bonds is 4. The highest BCUT2D eigenvalue weighted by Gasteiger charge is 2.34. The molecule has 0 unspecified atom stereocenters. The Balaban J connectivity index is 1.85. The first-order valence-electron chi connectivity index (χ1n) is 9.57. The third-order valence-electron chi connectivity index (χ3n) is 5.87. The molecule has 4 rings (SSSR count). The highest BCUT2D eigenvalue weighted by molar-refractivity contribution is 7.16. The van der Waals surface area contributed by atoms with Gasteiger partial charge in [-0.05, 0) is 54.9 Å². The van der Waals surface area contributed by atoms with Gasteiger partial charge in [-0.15, -0.1) is 11.3 Å². The van der Waals surface area contributed by atoms with E-state index in [1.165, 1.54) is 4.88 Å². The van der Waals surface area contributed by atoms with Gasteiger partial charge in [-0.1, -0.05) is 25.4 Å². The van der Waals surface area contributed by atoms with Crippen LogP contribution in [0.1, 0.15) is 47.5 Å². The number of anilines is 1. The predicted octanol–water partition coefficient (Wildman–Crippen LogP) is 4.75. The molecule has 2 aromatic rings. The fourth-order valence-corrected chi connectivity index (χ4v) is 5.87. The Labute approximate surface area is 174 Å². The molecular weight excluding hydrogens is 396 g/mol. The van der Waals surface area contributed by atoms with Crippen LogP contribution >= 0.6 is 22.9 Å². The summed E-state index contributed by atoms with van der Waals surface area (Å²) in [5, 5.41) is 10.7. The minimum absolute atomic E-state index is 0.0141. The van der Waals surface area contributed by atoms with Crippen LogP contribution in [0.4, 0.5) is 5.69 Å². The lowest BCUT2D eigenvalue weighted by atomic mass is 9.76. The van der Waals surface area contributed by atoms with Crippen molar-refractivity contribution in [1.82, 2.24) is 0 Å². The number of carboxylic acids is 1. The van der Waals surface area contributed by atoms with Gasteiger partial charge in [-0.2, -0.15) is 0 Å². The second kappa shape index (κ2) is 7.34. The summed E-state index contributed by atoms with van der Waals surface area (Å²) in [6.45, 7) is 5.92. The number of halogens is 1. The molecule has 28 heavy (non-hydrogen) atoms. The Morgan fingerprint density at radius 1 is 1.43 bits per heavy atom. The van der Waals surface area contributed by atoms with Gasteiger partial charge in [0.15, 0.2) is 0 Å². The molecule has 3 N–H and O–H groups in total. The summed E-state index contributed by atoms with van der Waals surface area (Å²) >= 11 is 7.94. The van der Waals surface area contributed by atoms with Crippen LogP contribution in [0.15, 0.2) is 18.2 Å². The maximum Gasteiger partial charge on any atom is 0.337 e. The molecule has 0 spiro atoms. The zero-order valence-electron chi connectivity index (χ0n) is 16.1. The Morgan fingerprint density at radius 2 is 2.21 bits per heavy atom. The van der Waals surface area contributed by atoms with Crippen molar-refractivity contribution >= 4 is 34.6 Å². The molecule has 5 nitrogen and oxygen atoms in total. The van der Waals surface area contributed by atoms with E-state index < -0.39 is 5.97 Å². The Kier molecular flexibility index (Phi) is 5.16. The van der Waals surface area contributed by atoms with E-state index in [1.807, 2.05) is 18.2 Å². The number of benzene rings is 1. The van der Waals surface area contributed by atoms with Crippen LogP contribution in [0.2, 0.25) is 5.02 Å². The van der Waals surface area contributed by atoms with E-state index in [1.54, 1.807) is 11.3 Å². The number of fused-ring (bicyclic) bond motifs is 1. The molecule has 0 radical (unpaired) electrons. The third kappa shape index (κ3) is 3.54. The molecule has 1 saturated heterocycles. The largest absolute Gasteiger partial charge is 0.478 e. The standard InChI is InChI=1S/C21H25ClN2O3S/c1-21(2)7-5-17-15(10-21)18(20(25)26)19(28-17)14-9-12(22)3-4-16(14)24-8-6-13(11-24)27-23/h3-4,9,13H,5-8,10-11,23H2,1-2H3,(H,25,26)/t13-/m1/s1. The number of carboxylic acid groups (broad SMARTS) is 1. The van der Waals surface area contributed by atoms with Crippen molar-refractivity contribution in [2.75, 3.05) is 18.0 Å². The fourth-order valence-electron chi connectivity index (χ4n) is 4.36. The molecule has 150 valence electrons. The monoisotopic (exact) mass is 420 g/mol. The van der Waals surface area contributed by atoms with Crippen LogP contribution in [0.5, 0.6) is 0 Å². The van der Waals surface area contributed by atoms with Crippen molar-refractivity contribution in [3.63, 3.8) is 0 Å². The molecule has 1 aromatic carbocycles. The van der Waals surface area contributed by atoms with E-state index in [4.69, 9.17) is 22.3 Å². The summed E-state index contributed by atoms with van der Waals surface area (Å²) in [6.07, 6.45) is 3.63. The van der Waals surface area contributed by atoms with E-state index in [2.05, 4.69) is 18.7 Å². The molecule has 2 heterocycles. The number of aryl methyl sites for hydroxylation is 1. The van der Waals surface area contributed by atoms with Crippen LogP contribution in [0.3, 0.4) is 0 Å². The molecule has 7 heteroatoms. The Bertz CT molecular complexity index is 925. The molecule has 0 bridgehead atoms. The normalized spacial score (nSPS) is 21.0. The SMILES string of the molecule is CC1(C)CCc2sc(-c3cc(Cl)ccc3N3CC[C@@H](ON)C3)c(C(=O)O)c2C1. The number of nitrogens with zero attached hydrogens (tertiary/aromatic N) is 1. The van der Waals surface area contributed by atoms with Gasteiger partial charge in [0.1, 0.15) is 0 Å². The van der Waals surface area contributed by atoms with Gasteiger partial charge >= 0.3 is 5.97 Å². The quantitative estimate of drug-likeness (QED) is 0.698. The maximum absolute atomic E-state index is 12.3. The number of nitrogens with two attached hydrogens (primary N) is 1. The van der Waals surface area contributed by atoms with Crippen LogP contribution in [0, 0.1) is 5.41 Å². The van der Waals surface area contributed by atoms with Gasteiger partial charge in [0.25, 0.3) is 0 Å². The smallest absolute Gasteiger partial charge is 0.337 e. The number of hydrogen-bond donors (Lipinski definition) is 2. The van der Waals surface area contributed by atoms with E-state index in [9.17, 15) is 9.90 Å². The summed E-state index contributed by atoms with van der Waals surface area (Å²) in [4.78, 5) is 21.5. The van der Waals surface area contributed by atoms with Gasteiger partial charge in [0.2, 0.25) is 0 Å². The zero-order valence-corrected chi connectivity index (χ0v) is 17.7. The van der Waals surface area contributed by atoms with Crippen LogP contribution in [-0.4, -0.2) is 30.3 Å². The second-order valence-corrected chi connectivity index (χ2v) is 10.0. The van der Waals surface area contributed by atoms with Crippen molar-refractivity contribution < 1.29 is 14.7 Å². The average molecular weight is 421 g/mol. The summed E-state index contributed by atoms with van der Waals surface area (Å²) < 4.78 is 0. The molecule has 1 aliphatic carbocycles. The summed E-state index contributed by atoms with van der Waals surface area (Å²) in [7, 11) is 0. The number of aromatic carboxylic acids is 1. The molecule has 1 atom stereocenters. The minimum Gasteiger partial charge on any atom is -0.478 e. The van der Waals surface area contributed by atoms with E-state index in [-0.39, 0.29) is 11.5 Å². The van der Waals surface area contributed by atoms with E-state index >= 15 is 0 Å². The molecule has 1 aliphatic heterocycles. The van der Waals surface area contributed by atoms with E-state index in [0.29, 0.717) is 17.1 Å². The van der Waals surface area contributed by atoms with Crippen molar-refractivity contribution in [3.05, 3.63) is 39.2 Å². The number of thiophene rings is 1. The van der Waals surface area contributed by atoms with Gasteiger partial charge in [-0.25, -0.2) is 10.7 Å². The van der Waals surface area contributed by atoms with Crippen molar-refractivity contribution in [1.29, 1.82) is 0 Å². The van der Waals surface area contributed by atoms with Gasteiger partial charge in [0, 0.05) is 34.2 Å². The first-order valence-corrected chi connectivity index (χ1v) is 10.8. The lowest BCUT2D eigenvalue weighted by Crippen LogP contribution is -2.25. The van der Waals surface area contributed by atoms with Gasteiger partial charge < -0.3 is 10.0 Å². The lowest BCUT2D eigenvalue weighted by molar-refractivity contribution is 0.0688.